The Labute approximate surface area is 110 Å². The second-order valence-electron chi connectivity index (χ2n) is 3.67. The van der Waals surface area contributed by atoms with Gasteiger partial charge in [-0.3, -0.25) is 0 Å². The second kappa shape index (κ2) is 8.58. The monoisotopic (exact) mass is 304 g/mol. The third-order valence-corrected chi connectivity index (χ3v) is 2.92. The molecule has 1 aromatic carbocycles. The number of ether oxygens (including phenoxy) is 1. The van der Waals surface area contributed by atoms with Crippen molar-refractivity contribution in [1.29, 1.82) is 0 Å². The Bertz CT molecular complexity index is 336. The van der Waals surface area contributed by atoms with E-state index in [4.69, 9.17) is 4.74 Å². The minimum Gasteiger partial charge on any atom is -0.383 e. The zero-order chi connectivity index (χ0) is 12.5. The van der Waals surface area contributed by atoms with Crippen LogP contribution in [0.2, 0.25) is 0 Å². The molecule has 0 aliphatic carbocycles. The van der Waals surface area contributed by atoms with Crippen molar-refractivity contribution < 1.29 is 9.13 Å². The number of hydrogen-bond donors (Lipinski definition) is 2. The summed E-state index contributed by atoms with van der Waals surface area (Å²) in [4.78, 5) is 0. The molecule has 0 bridgehead atoms. The first-order valence-electron chi connectivity index (χ1n) is 5.58. The Balaban J connectivity index is 2.11. The van der Waals surface area contributed by atoms with Gasteiger partial charge in [0.15, 0.2) is 0 Å². The summed E-state index contributed by atoms with van der Waals surface area (Å²) in [6.45, 7) is 3.98. The summed E-state index contributed by atoms with van der Waals surface area (Å²) in [5.41, 5.74) is 0.947. The molecule has 0 heterocycles. The topological polar surface area (TPSA) is 33.3 Å². The summed E-state index contributed by atoms with van der Waals surface area (Å²) < 4.78 is 18.6. The maximum atomic E-state index is 13.2. The minimum absolute atomic E-state index is 0.220. The number of methoxy groups -OCH3 is 1. The third-order valence-electron chi connectivity index (χ3n) is 2.27. The number of halogens is 2. The molecule has 5 heteroatoms. The Morgan fingerprint density at radius 2 is 2.00 bits per heavy atom. The summed E-state index contributed by atoms with van der Waals surface area (Å²) in [5, 5.41) is 6.46. The smallest absolute Gasteiger partial charge is 0.137 e. The van der Waals surface area contributed by atoms with Crippen LogP contribution < -0.4 is 10.6 Å². The lowest BCUT2D eigenvalue weighted by Crippen LogP contribution is -2.29. The first kappa shape index (κ1) is 14.6. The lowest BCUT2D eigenvalue weighted by molar-refractivity contribution is 0.199. The molecule has 1 rings (SSSR count). The van der Waals surface area contributed by atoms with Crippen LogP contribution in [0, 0.1) is 5.82 Å². The molecule has 17 heavy (non-hydrogen) atoms. The molecule has 0 aliphatic heterocycles. The van der Waals surface area contributed by atoms with Gasteiger partial charge in [-0.1, -0.05) is 6.07 Å². The highest BCUT2D eigenvalue weighted by molar-refractivity contribution is 9.10. The fraction of sp³-hybridized carbons (Fsp3) is 0.500. The summed E-state index contributed by atoms with van der Waals surface area (Å²) >= 11 is 3.13. The van der Waals surface area contributed by atoms with Gasteiger partial charge in [-0.2, -0.15) is 0 Å². The standard InChI is InChI=1S/C12H18BrFN2O/c1-17-7-6-15-4-5-16-9-10-2-3-11(13)12(14)8-10/h2-3,8,15-16H,4-7,9H2,1H3. The van der Waals surface area contributed by atoms with Gasteiger partial charge in [-0.15, -0.1) is 0 Å². The van der Waals surface area contributed by atoms with Crippen molar-refractivity contribution >= 4 is 15.9 Å². The molecule has 0 fully saturated rings. The Morgan fingerprint density at radius 3 is 2.71 bits per heavy atom. The first-order chi connectivity index (χ1) is 8.24. The van der Waals surface area contributed by atoms with Gasteiger partial charge in [0.25, 0.3) is 0 Å². The van der Waals surface area contributed by atoms with Gasteiger partial charge >= 0.3 is 0 Å². The van der Waals surface area contributed by atoms with E-state index in [1.807, 2.05) is 6.07 Å². The second-order valence-corrected chi connectivity index (χ2v) is 4.52. The van der Waals surface area contributed by atoms with Crippen LogP contribution >= 0.6 is 15.9 Å². The van der Waals surface area contributed by atoms with E-state index in [0.717, 1.165) is 31.8 Å². The fourth-order valence-corrected chi connectivity index (χ4v) is 1.60. The fourth-order valence-electron chi connectivity index (χ4n) is 1.36. The van der Waals surface area contributed by atoms with Crippen LogP contribution in [-0.4, -0.2) is 33.4 Å². The van der Waals surface area contributed by atoms with Gasteiger partial charge < -0.3 is 15.4 Å². The molecule has 3 nitrogen and oxygen atoms in total. The van der Waals surface area contributed by atoms with Gasteiger partial charge in [-0.25, -0.2) is 4.39 Å². The molecule has 0 saturated heterocycles. The molecule has 2 N–H and O–H groups in total. The average Bonchev–Trinajstić information content (AvgIpc) is 2.32. The maximum Gasteiger partial charge on any atom is 0.137 e. The van der Waals surface area contributed by atoms with Crippen LogP contribution in [0.25, 0.3) is 0 Å². The van der Waals surface area contributed by atoms with Gasteiger partial charge in [0.05, 0.1) is 11.1 Å². The molecule has 0 saturated carbocycles. The van der Waals surface area contributed by atoms with Crippen molar-refractivity contribution in [3.8, 4) is 0 Å². The maximum absolute atomic E-state index is 13.2. The zero-order valence-electron chi connectivity index (χ0n) is 9.93. The largest absolute Gasteiger partial charge is 0.383 e. The van der Waals surface area contributed by atoms with Crippen LogP contribution in [0.15, 0.2) is 22.7 Å². The lowest BCUT2D eigenvalue weighted by Gasteiger charge is -2.07. The van der Waals surface area contributed by atoms with Crippen molar-refractivity contribution in [2.45, 2.75) is 6.54 Å². The molecule has 0 radical (unpaired) electrons. The normalized spacial score (nSPS) is 10.8. The van der Waals surface area contributed by atoms with Gasteiger partial charge in [0, 0.05) is 33.3 Å². The van der Waals surface area contributed by atoms with Crippen LogP contribution in [0.3, 0.4) is 0 Å². The Morgan fingerprint density at radius 1 is 1.24 bits per heavy atom. The highest BCUT2D eigenvalue weighted by Crippen LogP contribution is 2.15. The zero-order valence-corrected chi connectivity index (χ0v) is 11.5. The molecule has 0 atom stereocenters. The molecule has 0 spiro atoms. The summed E-state index contributed by atoms with van der Waals surface area (Å²) in [6.07, 6.45) is 0. The molecule has 0 aromatic heterocycles. The van der Waals surface area contributed by atoms with E-state index in [9.17, 15) is 4.39 Å². The Kier molecular flexibility index (Phi) is 7.35. The average molecular weight is 305 g/mol. The highest BCUT2D eigenvalue weighted by atomic mass is 79.9. The van der Waals surface area contributed by atoms with Crippen LogP contribution in [0.1, 0.15) is 5.56 Å². The van der Waals surface area contributed by atoms with E-state index >= 15 is 0 Å². The predicted molar refractivity (Wildman–Crippen MR) is 70.6 cm³/mol. The van der Waals surface area contributed by atoms with Gasteiger partial charge in [0.1, 0.15) is 5.82 Å². The van der Waals surface area contributed by atoms with Crippen LogP contribution in [-0.2, 0) is 11.3 Å². The molecule has 1 aromatic rings. The summed E-state index contributed by atoms with van der Waals surface area (Å²) in [5.74, 6) is -0.220. The van der Waals surface area contributed by atoms with Gasteiger partial charge in [-0.05, 0) is 33.6 Å². The molecule has 96 valence electrons. The van der Waals surface area contributed by atoms with E-state index < -0.39 is 0 Å². The van der Waals surface area contributed by atoms with Gasteiger partial charge in [0.2, 0.25) is 0 Å². The molecular formula is C12H18BrFN2O. The quantitative estimate of drug-likeness (QED) is 0.720. The van der Waals surface area contributed by atoms with Crippen molar-refractivity contribution in [1.82, 2.24) is 10.6 Å². The summed E-state index contributed by atoms with van der Waals surface area (Å²) in [7, 11) is 1.68. The molecule has 0 aliphatic rings. The van der Waals surface area contributed by atoms with E-state index in [1.165, 1.54) is 6.07 Å². The van der Waals surface area contributed by atoms with E-state index in [-0.39, 0.29) is 5.82 Å². The summed E-state index contributed by atoms with van der Waals surface area (Å²) in [6, 6.07) is 5.16. The van der Waals surface area contributed by atoms with E-state index in [0.29, 0.717) is 11.0 Å². The van der Waals surface area contributed by atoms with Crippen molar-refractivity contribution in [2.75, 3.05) is 33.4 Å². The number of hydrogen-bond acceptors (Lipinski definition) is 3. The first-order valence-corrected chi connectivity index (χ1v) is 6.37. The van der Waals surface area contributed by atoms with Crippen molar-refractivity contribution in [3.05, 3.63) is 34.1 Å². The number of rotatable bonds is 8. The van der Waals surface area contributed by atoms with E-state index in [1.54, 1.807) is 13.2 Å². The van der Waals surface area contributed by atoms with Crippen molar-refractivity contribution in [2.24, 2.45) is 0 Å². The van der Waals surface area contributed by atoms with Crippen LogP contribution in [0.4, 0.5) is 4.39 Å². The molecule has 0 unspecified atom stereocenters. The predicted octanol–water partition coefficient (Wildman–Crippen LogP) is 1.91. The Hall–Kier alpha value is -0.490. The van der Waals surface area contributed by atoms with Crippen molar-refractivity contribution in [3.63, 3.8) is 0 Å². The SMILES string of the molecule is COCCNCCNCc1ccc(Br)c(F)c1. The number of nitrogens with one attached hydrogen (secondary N) is 2. The highest BCUT2D eigenvalue weighted by Gasteiger charge is 1.99. The third kappa shape index (κ3) is 6.12. The lowest BCUT2D eigenvalue weighted by atomic mass is 10.2. The molecule has 0 amide bonds. The number of benzene rings is 1. The minimum atomic E-state index is -0.220. The van der Waals surface area contributed by atoms with Crippen LogP contribution in [0.5, 0.6) is 0 Å². The molecular weight excluding hydrogens is 287 g/mol. The van der Waals surface area contributed by atoms with E-state index in [2.05, 4.69) is 26.6 Å².